The lowest BCUT2D eigenvalue weighted by Crippen LogP contribution is -2.50. The summed E-state index contributed by atoms with van der Waals surface area (Å²) < 4.78 is 5.40. The molecule has 1 aliphatic heterocycles. The maximum Gasteiger partial charge on any atom is 0.237 e. The van der Waals surface area contributed by atoms with Crippen LogP contribution in [0.2, 0.25) is 5.02 Å². The summed E-state index contributed by atoms with van der Waals surface area (Å²) >= 11 is 6.13. The quantitative estimate of drug-likeness (QED) is 0.492. The number of aromatic nitrogens is 2. The maximum atomic E-state index is 13.0. The van der Waals surface area contributed by atoms with Gasteiger partial charge in [-0.15, -0.1) is 0 Å². The number of nitrogens with one attached hydrogen (secondary N) is 2. The third-order valence-corrected chi connectivity index (χ3v) is 6.11. The lowest BCUT2D eigenvalue weighted by atomic mass is 10.0. The van der Waals surface area contributed by atoms with Crippen molar-refractivity contribution in [3.05, 3.63) is 41.3 Å². The van der Waals surface area contributed by atoms with Crippen LogP contribution in [0.5, 0.6) is 0 Å². The van der Waals surface area contributed by atoms with Gasteiger partial charge in [-0.05, 0) is 38.8 Å². The average molecular weight is 461 g/mol. The molecule has 2 aromatic rings. The van der Waals surface area contributed by atoms with E-state index in [-0.39, 0.29) is 23.8 Å². The second kappa shape index (κ2) is 12.1. The first kappa shape index (κ1) is 24.4. The normalized spacial score (nSPS) is 16.5. The van der Waals surface area contributed by atoms with Crippen molar-refractivity contribution < 1.29 is 14.3 Å². The SMILES string of the molecule is CC(=O)CCCCC[C@H](NC(=O)C(C)N1CCOCC1)c1ncc(-c2cccc(Cl)c2)[nH]1. The summed E-state index contributed by atoms with van der Waals surface area (Å²) in [6.45, 7) is 6.37. The van der Waals surface area contributed by atoms with Gasteiger partial charge in [-0.2, -0.15) is 0 Å². The van der Waals surface area contributed by atoms with Crippen molar-refractivity contribution in [3.8, 4) is 11.3 Å². The maximum absolute atomic E-state index is 13.0. The number of hydrogen-bond acceptors (Lipinski definition) is 5. The highest BCUT2D eigenvalue weighted by molar-refractivity contribution is 6.30. The van der Waals surface area contributed by atoms with Gasteiger partial charge < -0.3 is 19.8 Å². The Morgan fingerprint density at radius 2 is 2.03 bits per heavy atom. The van der Waals surface area contributed by atoms with Gasteiger partial charge in [-0.25, -0.2) is 4.98 Å². The molecule has 0 aliphatic carbocycles. The molecule has 8 heteroatoms. The molecule has 2 N–H and O–H groups in total. The van der Waals surface area contributed by atoms with E-state index in [1.165, 1.54) is 0 Å². The average Bonchev–Trinajstić information content (AvgIpc) is 3.28. The van der Waals surface area contributed by atoms with E-state index >= 15 is 0 Å². The largest absolute Gasteiger partial charge is 0.379 e. The minimum absolute atomic E-state index is 0.0126. The van der Waals surface area contributed by atoms with Gasteiger partial charge in [0.15, 0.2) is 0 Å². The van der Waals surface area contributed by atoms with Crippen molar-refractivity contribution in [2.24, 2.45) is 0 Å². The van der Waals surface area contributed by atoms with Crippen LogP contribution in [-0.2, 0) is 14.3 Å². The van der Waals surface area contributed by atoms with E-state index in [9.17, 15) is 9.59 Å². The van der Waals surface area contributed by atoms with Crippen molar-refractivity contribution >= 4 is 23.3 Å². The van der Waals surface area contributed by atoms with Crippen LogP contribution < -0.4 is 5.32 Å². The first-order chi connectivity index (χ1) is 15.4. The number of imidazole rings is 1. The fourth-order valence-corrected chi connectivity index (χ4v) is 4.11. The molecule has 2 heterocycles. The summed E-state index contributed by atoms with van der Waals surface area (Å²) in [5, 5.41) is 3.86. The molecule has 1 aromatic heterocycles. The van der Waals surface area contributed by atoms with Gasteiger partial charge in [0.25, 0.3) is 0 Å². The summed E-state index contributed by atoms with van der Waals surface area (Å²) in [5.74, 6) is 0.932. The minimum atomic E-state index is -0.235. The van der Waals surface area contributed by atoms with E-state index in [1.807, 2.05) is 31.2 Å². The molecule has 0 bridgehead atoms. The minimum Gasteiger partial charge on any atom is -0.379 e. The Balaban J connectivity index is 1.68. The Morgan fingerprint density at radius 1 is 1.25 bits per heavy atom. The Morgan fingerprint density at radius 3 is 2.75 bits per heavy atom. The van der Waals surface area contributed by atoms with E-state index in [2.05, 4.69) is 20.2 Å². The second-order valence-electron chi connectivity index (χ2n) is 8.38. The number of amides is 1. The second-order valence-corrected chi connectivity index (χ2v) is 8.82. The molecule has 32 heavy (non-hydrogen) atoms. The molecule has 2 atom stereocenters. The molecule has 1 saturated heterocycles. The van der Waals surface area contributed by atoms with Gasteiger partial charge >= 0.3 is 0 Å². The zero-order valence-electron chi connectivity index (χ0n) is 18.9. The number of ketones is 1. The monoisotopic (exact) mass is 460 g/mol. The molecule has 7 nitrogen and oxygen atoms in total. The third-order valence-electron chi connectivity index (χ3n) is 5.87. The zero-order chi connectivity index (χ0) is 22.9. The van der Waals surface area contributed by atoms with Gasteiger partial charge in [0, 0.05) is 30.1 Å². The molecule has 174 valence electrons. The molecule has 1 amide bonds. The molecular weight excluding hydrogens is 428 g/mol. The van der Waals surface area contributed by atoms with E-state index in [4.69, 9.17) is 16.3 Å². The number of rotatable bonds is 11. The van der Waals surface area contributed by atoms with Gasteiger partial charge in [0.05, 0.1) is 37.2 Å². The Kier molecular flexibility index (Phi) is 9.26. The number of morpholine rings is 1. The number of aromatic amines is 1. The van der Waals surface area contributed by atoms with Crippen LogP contribution in [0, 0.1) is 0 Å². The molecular formula is C24H33ClN4O3. The smallest absolute Gasteiger partial charge is 0.237 e. The molecule has 1 aromatic carbocycles. The molecule has 1 unspecified atom stereocenters. The van der Waals surface area contributed by atoms with Crippen LogP contribution in [0.4, 0.5) is 0 Å². The standard InChI is InChI=1S/C24H33ClN4O3/c1-17(30)7-4-3-5-10-21(28-24(31)18(2)29-11-13-32-14-12-29)23-26-16-22(27-23)19-8-6-9-20(25)15-19/h6,8-9,15-16,18,21H,3-5,7,10-14H2,1-2H3,(H,26,27)(H,28,31)/t18?,21-/m0/s1. The lowest BCUT2D eigenvalue weighted by Gasteiger charge is -2.32. The van der Waals surface area contributed by atoms with Crippen LogP contribution in [0.1, 0.15) is 57.8 Å². The Bertz CT molecular complexity index is 895. The first-order valence-electron chi connectivity index (χ1n) is 11.4. The van der Waals surface area contributed by atoms with E-state index in [1.54, 1.807) is 13.1 Å². The predicted molar refractivity (Wildman–Crippen MR) is 126 cm³/mol. The lowest BCUT2D eigenvalue weighted by molar-refractivity contribution is -0.128. The highest BCUT2D eigenvalue weighted by Crippen LogP contribution is 2.25. The summed E-state index contributed by atoms with van der Waals surface area (Å²) in [6, 6.07) is 7.13. The fourth-order valence-electron chi connectivity index (χ4n) is 3.92. The summed E-state index contributed by atoms with van der Waals surface area (Å²) in [6.07, 6.45) is 5.84. The Hall–Kier alpha value is -2.22. The van der Waals surface area contributed by atoms with Crippen molar-refractivity contribution in [1.29, 1.82) is 0 Å². The number of carbonyl (C=O) groups is 2. The number of hydrogen-bond donors (Lipinski definition) is 2. The van der Waals surface area contributed by atoms with Gasteiger partial charge in [-0.3, -0.25) is 9.69 Å². The van der Waals surface area contributed by atoms with Crippen LogP contribution in [-0.4, -0.2) is 58.9 Å². The zero-order valence-corrected chi connectivity index (χ0v) is 19.7. The molecule has 1 aliphatic rings. The van der Waals surface area contributed by atoms with E-state index in [0.717, 1.165) is 55.9 Å². The predicted octanol–water partition coefficient (Wildman–Crippen LogP) is 4.15. The van der Waals surface area contributed by atoms with Crippen molar-refractivity contribution in [2.75, 3.05) is 26.3 Å². The highest BCUT2D eigenvalue weighted by atomic mass is 35.5. The number of benzene rings is 1. The number of carbonyl (C=O) groups excluding carboxylic acids is 2. The summed E-state index contributed by atoms with van der Waals surface area (Å²) in [4.78, 5) is 34.3. The molecule has 0 spiro atoms. The fraction of sp³-hybridized carbons (Fsp3) is 0.542. The van der Waals surface area contributed by atoms with Crippen LogP contribution in [0.15, 0.2) is 30.5 Å². The number of halogens is 1. The number of unbranched alkanes of at least 4 members (excludes halogenated alkanes) is 2. The van der Waals surface area contributed by atoms with Gasteiger partial charge in [0.2, 0.25) is 5.91 Å². The van der Waals surface area contributed by atoms with Crippen LogP contribution in [0.25, 0.3) is 11.3 Å². The number of nitrogens with zero attached hydrogens (tertiary/aromatic N) is 2. The molecule has 0 saturated carbocycles. The van der Waals surface area contributed by atoms with Crippen molar-refractivity contribution in [1.82, 2.24) is 20.2 Å². The third kappa shape index (κ3) is 7.15. The molecule has 3 rings (SSSR count). The molecule has 1 fully saturated rings. The van der Waals surface area contributed by atoms with E-state index < -0.39 is 0 Å². The number of Topliss-reactive ketones (excluding diaryl/α,β-unsaturated/α-hetero) is 1. The van der Waals surface area contributed by atoms with Crippen LogP contribution >= 0.6 is 11.6 Å². The van der Waals surface area contributed by atoms with Gasteiger partial charge in [0.1, 0.15) is 11.6 Å². The van der Waals surface area contributed by atoms with Crippen molar-refractivity contribution in [2.45, 2.75) is 58.0 Å². The highest BCUT2D eigenvalue weighted by Gasteiger charge is 2.26. The number of ether oxygens (including phenoxy) is 1. The van der Waals surface area contributed by atoms with Crippen LogP contribution in [0.3, 0.4) is 0 Å². The first-order valence-corrected chi connectivity index (χ1v) is 11.7. The van der Waals surface area contributed by atoms with Crippen molar-refractivity contribution in [3.63, 3.8) is 0 Å². The topological polar surface area (TPSA) is 87.3 Å². The summed E-state index contributed by atoms with van der Waals surface area (Å²) in [7, 11) is 0. The van der Waals surface area contributed by atoms with E-state index in [0.29, 0.717) is 24.7 Å². The Labute approximate surface area is 194 Å². The number of H-pyrrole nitrogens is 1. The summed E-state index contributed by atoms with van der Waals surface area (Å²) in [5.41, 5.74) is 1.81. The molecule has 0 radical (unpaired) electrons. The van der Waals surface area contributed by atoms with Gasteiger partial charge in [-0.1, -0.05) is 36.6 Å².